The number of nitrogens with zero attached hydrogens (tertiary/aromatic N) is 1. The second-order valence-corrected chi connectivity index (χ2v) is 5.32. The highest BCUT2D eigenvalue weighted by Gasteiger charge is 2.15. The maximum atomic E-state index is 12.1. The molecule has 1 amide bonds. The van der Waals surface area contributed by atoms with Crippen LogP contribution in [0.15, 0.2) is 42.7 Å². The molecular weight excluding hydrogens is 248 g/mol. The summed E-state index contributed by atoms with van der Waals surface area (Å²) in [5, 5.41) is 3.02. The van der Waals surface area contributed by atoms with Gasteiger partial charge in [-0.25, -0.2) is 0 Å². The highest BCUT2D eigenvalue weighted by atomic mass is 16.1. The number of aromatic nitrogens is 1. The molecule has 1 heterocycles. The van der Waals surface area contributed by atoms with E-state index in [1.165, 1.54) is 29.5 Å². The van der Waals surface area contributed by atoms with Crippen molar-refractivity contribution < 1.29 is 4.79 Å². The second kappa shape index (κ2) is 5.45. The number of amides is 1. The Kier molecular flexibility index (Phi) is 3.50. The van der Waals surface area contributed by atoms with E-state index in [0.717, 1.165) is 6.42 Å². The molecule has 0 bridgehead atoms. The molecule has 0 saturated carbocycles. The van der Waals surface area contributed by atoms with E-state index in [1.54, 1.807) is 24.5 Å². The van der Waals surface area contributed by atoms with Gasteiger partial charge in [-0.3, -0.25) is 9.78 Å². The van der Waals surface area contributed by atoms with Gasteiger partial charge in [0.2, 0.25) is 0 Å². The zero-order valence-corrected chi connectivity index (χ0v) is 11.6. The molecule has 1 aromatic heterocycles. The Balaban J connectivity index is 1.73. The van der Waals surface area contributed by atoms with Crippen LogP contribution in [0.3, 0.4) is 0 Å². The summed E-state index contributed by atoms with van der Waals surface area (Å²) in [4.78, 5) is 16.1. The number of benzene rings is 1. The molecule has 0 aliphatic heterocycles. The first kappa shape index (κ1) is 12.9. The molecule has 1 N–H and O–H groups in total. The fraction of sp³-hybridized carbons (Fsp3) is 0.294. The lowest BCUT2D eigenvalue weighted by Gasteiger charge is -2.15. The molecule has 0 fully saturated rings. The van der Waals surface area contributed by atoms with Crippen molar-refractivity contribution in [2.75, 3.05) is 0 Å². The van der Waals surface area contributed by atoms with E-state index in [0.29, 0.717) is 5.56 Å². The van der Waals surface area contributed by atoms with Crippen LogP contribution in [-0.4, -0.2) is 10.9 Å². The van der Waals surface area contributed by atoms with E-state index in [4.69, 9.17) is 0 Å². The highest BCUT2D eigenvalue weighted by Crippen LogP contribution is 2.25. The van der Waals surface area contributed by atoms with E-state index in [2.05, 4.69) is 28.5 Å². The molecule has 1 atom stereocenters. The van der Waals surface area contributed by atoms with Gasteiger partial charge in [0.05, 0.1) is 11.6 Å². The topological polar surface area (TPSA) is 42.0 Å². The molecule has 0 radical (unpaired) electrons. The predicted molar refractivity (Wildman–Crippen MR) is 78.6 cm³/mol. The van der Waals surface area contributed by atoms with Crippen LogP contribution in [0.5, 0.6) is 0 Å². The molecule has 20 heavy (non-hydrogen) atoms. The first-order valence-corrected chi connectivity index (χ1v) is 7.06. The summed E-state index contributed by atoms with van der Waals surface area (Å²) in [5.74, 6) is -0.0777. The average molecular weight is 266 g/mol. The smallest absolute Gasteiger partial charge is 0.253 e. The van der Waals surface area contributed by atoms with Gasteiger partial charge in [0.25, 0.3) is 5.91 Å². The Hall–Kier alpha value is -2.16. The summed E-state index contributed by atoms with van der Waals surface area (Å²) in [5.41, 5.74) is 4.66. The van der Waals surface area contributed by atoms with Crippen LogP contribution >= 0.6 is 0 Å². The predicted octanol–water partition coefficient (Wildman–Crippen LogP) is 3.06. The quantitative estimate of drug-likeness (QED) is 0.927. The van der Waals surface area contributed by atoms with Crippen molar-refractivity contribution in [2.45, 2.75) is 32.2 Å². The minimum Gasteiger partial charge on any atom is -0.345 e. The van der Waals surface area contributed by atoms with Crippen LogP contribution in [0.4, 0.5) is 0 Å². The largest absolute Gasteiger partial charge is 0.345 e. The van der Waals surface area contributed by atoms with E-state index in [-0.39, 0.29) is 11.9 Å². The second-order valence-electron chi connectivity index (χ2n) is 5.32. The minimum atomic E-state index is -0.0777. The molecule has 1 aliphatic rings. The van der Waals surface area contributed by atoms with E-state index in [9.17, 15) is 4.79 Å². The number of fused-ring (bicyclic) bond motifs is 1. The molecule has 0 saturated heterocycles. The number of hydrogen-bond donors (Lipinski definition) is 1. The van der Waals surface area contributed by atoms with E-state index < -0.39 is 0 Å². The lowest BCUT2D eigenvalue weighted by molar-refractivity contribution is 0.0939. The van der Waals surface area contributed by atoms with E-state index in [1.807, 2.05) is 6.92 Å². The summed E-state index contributed by atoms with van der Waals surface area (Å²) >= 11 is 0. The van der Waals surface area contributed by atoms with Crippen LogP contribution in [0.1, 0.15) is 46.4 Å². The molecular formula is C17H18N2O. The van der Waals surface area contributed by atoms with Gasteiger partial charge in [-0.2, -0.15) is 0 Å². The summed E-state index contributed by atoms with van der Waals surface area (Å²) in [7, 11) is 0. The van der Waals surface area contributed by atoms with Crippen LogP contribution in [-0.2, 0) is 12.8 Å². The van der Waals surface area contributed by atoms with Gasteiger partial charge in [-0.05, 0) is 55.0 Å². The number of carbonyl (C=O) groups excluding carboxylic acids is 1. The van der Waals surface area contributed by atoms with Gasteiger partial charge in [0, 0.05) is 12.4 Å². The highest BCUT2D eigenvalue weighted by molar-refractivity contribution is 5.94. The molecule has 2 aromatic rings. The van der Waals surface area contributed by atoms with Crippen LogP contribution < -0.4 is 5.32 Å². The Labute approximate surface area is 119 Å². The zero-order chi connectivity index (χ0) is 13.9. The third-order valence-electron chi connectivity index (χ3n) is 3.89. The van der Waals surface area contributed by atoms with Gasteiger partial charge in [0.1, 0.15) is 0 Å². The molecule has 0 unspecified atom stereocenters. The first-order valence-electron chi connectivity index (χ1n) is 7.06. The lowest BCUT2D eigenvalue weighted by Crippen LogP contribution is -2.26. The number of hydrogen-bond acceptors (Lipinski definition) is 2. The van der Waals surface area contributed by atoms with Crippen molar-refractivity contribution in [3.05, 3.63) is 65.0 Å². The van der Waals surface area contributed by atoms with Gasteiger partial charge in [0.15, 0.2) is 0 Å². The fourth-order valence-corrected chi connectivity index (χ4v) is 2.72. The van der Waals surface area contributed by atoms with Crippen LogP contribution in [0.25, 0.3) is 0 Å². The number of rotatable bonds is 3. The van der Waals surface area contributed by atoms with Crippen molar-refractivity contribution in [1.82, 2.24) is 10.3 Å². The van der Waals surface area contributed by atoms with Crippen molar-refractivity contribution in [2.24, 2.45) is 0 Å². The van der Waals surface area contributed by atoms with Gasteiger partial charge in [-0.1, -0.05) is 18.2 Å². The molecule has 1 aromatic carbocycles. The maximum Gasteiger partial charge on any atom is 0.253 e. The van der Waals surface area contributed by atoms with Crippen molar-refractivity contribution >= 4 is 5.91 Å². The van der Waals surface area contributed by atoms with Gasteiger partial charge < -0.3 is 5.32 Å². The molecule has 1 aliphatic carbocycles. The van der Waals surface area contributed by atoms with Crippen molar-refractivity contribution in [3.63, 3.8) is 0 Å². The maximum absolute atomic E-state index is 12.1. The molecule has 102 valence electrons. The SMILES string of the molecule is C[C@@H](NC(=O)c1cccnc1)c1ccc2c(c1)CCC2. The molecule has 3 nitrogen and oxygen atoms in total. The number of aryl methyl sites for hydroxylation is 2. The average Bonchev–Trinajstić information content (AvgIpc) is 2.95. The Morgan fingerprint density at radius 3 is 2.90 bits per heavy atom. The molecule has 3 rings (SSSR count). The van der Waals surface area contributed by atoms with Crippen LogP contribution in [0, 0.1) is 0 Å². The third-order valence-corrected chi connectivity index (χ3v) is 3.89. The monoisotopic (exact) mass is 266 g/mol. The summed E-state index contributed by atoms with van der Waals surface area (Å²) in [6, 6.07) is 10.1. The number of carbonyl (C=O) groups is 1. The number of nitrogens with one attached hydrogen (secondary N) is 1. The summed E-state index contributed by atoms with van der Waals surface area (Å²) in [6.07, 6.45) is 6.85. The summed E-state index contributed by atoms with van der Waals surface area (Å²) < 4.78 is 0. The minimum absolute atomic E-state index is 0.00797. The molecule has 3 heteroatoms. The Morgan fingerprint density at radius 1 is 1.25 bits per heavy atom. The van der Waals surface area contributed by atoms with Gasteiger partial charge >= 0.3 is 0 Å². The van der Waals surface area contributed by atoms with E-state index >= 15 is 0 Å². The first-order chi connectivity index (χ1) is 9.74. The van der Waals surface area contributed by atoms with Crippen molar-refractivity contribution in [1.29, 1.82) is 0 Å². The standard InChI is InChI=1S/C17H18N2O/c1-12(19-17(20)16-6-3-9-18-11-16)14-8-7-13-4-2-5-15(13)10-14/h3,6-12H,2,4-5H2,1H3,(H,19,20)/t12-/m1/s1. The third kappa shape index (κ3) is 2.57. The van der Waals surface area contributed by atoms with Crippen LogP contribution in [0.2, 0.25) is 0 Å². The summed E-state index contributed by atoms with van der Waals surface area (Å²) in [6.45, 7) is 2.02. The molecule has 0 spiro atoms. The zero-order valence-electron chi connectivity index (χ0n) is 11.6. The lowest BCUT2D eigenvalue weighted by atomic mass is 10.0. The number of pyridine rings is 1. The van der Waals surface area contributed by atoms with Crippen molar-refractivity contribution in [3.8, 4) is 0 Å². The normalized spacial score (nSPS) is 14.7. The van der Waals surface area contributed by atoms with Gasteiger partial charge in [-0.15, -0.1) is 0 Å². The fourth-order valence-electron chi connectivity index (χ4n) is 2.72. The Morgan fingerprint density at radius 2 is 2.10 bits per heavy atom. The Bertz CT molecular complexity index is 622.